The van der Waals surface area contributed by atoms with Gasteiger partial charge >= 0.3 is 5.97 Å². The van der Waals surface area contributed by atoms with Crippen LogP contribution in [0.3, 0.4) is 0 Å². The van der Waals surface area contributed by atoms with E-state index in [4.69, 9.17) is 26.3 Å². The molecule has 2 unspecified atom stereocenters. The molecule has 4 heterocycles. The molecule has 2 saturated heterocycles. The van der Waals surface area contributed by atoms with Crippen molar-refractivity contribution in [3.8, 4) is 11.8 Å². The van der Waals surface area contributed by atoms with Crippen LogP contribution in [0.25, 0.3) is 11.0 Å². The second-order valence-corrected chi connectivity index (χ2v) is 11.9. The highest BCUT2D eigenvalue weighted by Crippen LogP contribution is 2.58. The van der Waals surface area contributed by atoms with E-state index in [0.29, 0.717) is 54.8 Å². The zero-order chi connectivity index (χ0) is 29.9. The number of piperidine rings is 1. The van der Waals surface area contributed by atoms with Gasteiger partial charge in [-0.1, -0.05) is 11.6 Å². The van der Waals surface area contributed by atoms with Gasteiger partial charge in [0.25, 0.3) is 0 Å². The van der Waals surface area contributed by atoms with Crippen LogP contribution >= 0.6 is 25.1 Å². The first-order valence-electron chi connectivity index (χ1n) is 14.0. The molecule has 1 aliphatic carbocycles. The van der Waals surface area contributed by atoms with Crippen molar-refractivity contribution in [2.24, 2.45) is 5.92 Å². The average Bonchev–Trinajstić information content (AvgIpc) is 3.35. The first-order chi connectivity index (χ1) is 20.7. The predicted molar refractivity (Wildman–Crippen MR) is 161 cm³/mol. The molecule has 3 aliphatic rings. The predicted octanol–water partition coefficient (Wildman–Crippen LogP) is 5.19. The summed E-state index contributed by atoms with van der Waals surface area (Å²) >= 11 is 6.21. The minimum Gasteiger partial charge on any atom is -0.486 e. The van der Waals surface area contributed by atoms with Gasteiger partial charge < -0.3 is 19.1 Å². The van der Waals surface area contributed by atoms with E-state index in [0.717, 1.165) is 31.1 Å². The number of ether oxygens (including phenoxy) is 2. The van der Waals surface area contributed by atoms with Crippen LogP contribution < -0.4 is 4.74 Å². The molecular weight excluding hydrogens is 612 g/mol. The molecule has 9 nitrogen and oxygen atoms in total. The Morgan fingerprint density at radius 2 is 2.02 bits per heavy atom. The fourth-order valence-electron chi connectivity index (χ4n) is 6.31. The van der Waals surface area contributed by atoms with Crippen molar-refractivity contribution in [1.29, 1.82) is 5.26 Å². The molecule has 44 heavy (non-hydrogen) atoms. The fraction of sp³-hybridized carbons (Fsp3) is 0.355. The van der Waals surface area contributed by atoms with Crippen LogP contribution in [0.1, 0.15) is 46.0 Å². The quantitative estimate of drug-likeness (QED) is 0.266. The van der Waals surface area contributed by atoms with E-state index >= 15 is 0 Å². The van der Waals surface area contributed by atoms with E-state index < -0.39 is 17.6 Å². The van der Waals surface area contributed by atoms with Crippen LogP contribution in [0.5, 0.6) is 5.75 Å². The monoisotopic (exact) mass is 639 g/mol. The maximum atomic E-state index is 14.9. The third-order valence-corrected chi connectivity index (χ3v) is 9.04. The number of nitrogens with zero attached hydrogens (tertiary/aromatic N) is 5. The summed E-state index contributed by atoms with van der Waals surface area (Å²) in [5, 5.41) is 18.8. The molecule has 3 fully saturated rings. The summed E-state index contributed by atoms with van der Waals surface area (Å²) in [6.07, 6.45) is 1.76. The number of aromatic carboxylic acids is 1. The van der Waals surface area contributed by atoms with Gasteiger partial charge in [0.05, 0.1) is 46.9 Å². The minimum atomic E-state index is -1.20. The average molecular weight is 640 g/mol. The number of imidazole rings is 1. The number of carboxylic acids is 1. The van der Waals surface area contributed by atoms with E-state index in [9.17, 15) is 18.7 Å². The lowest BCUT2D eigenvalue weighted by atomic mass is 10.0. The summed E-state index contributed by atoms with van der Waals surface area (Å²) in [7, 11) is 0. The summed E-state index contributed by atoms with van der Waals surface area (Å²) in [6, 6.07) is 12.3. The summed E-state index contributed by atoms with van der Waals surface area (Å²) in [5.74, 6) is -1.04. The van der Waals surface area contributed by atoms with Crippen molar-refractivity contribution in [3.63, 3.8) is 0 Å². The molecule has 4 aromatic rings. The topological polar surface area (TPSA) is 114 Å². The SMILES string of the molecule is N#Cc1ccc(OCc2nc(C34CC3CN(Cc3nc5c(F)cc(C(=O)O)cc5n3C[C@@H]3CCO3)C4)ccc2F)c(Cl)c1.S. The first-order valence-corrected chi connectivity index (χ1v) is 14.4. The second-order valence-electron chi connectivity index (χ2n) is 11.4. The number of hydrogen-bond acceptors (Lipinski definition) is 7. The molecule has 1 saturated carbocycles. The zero-order valence-corrected chi connectivity index (χ0v) is 25.2. The molecule has 3 atom stereocenters. The maximum absolute atomic E-state index is 14.9. The third kappa shape index (κ3) is 5.38. The summed E-state index contributed by atoms with van der Waals surface area (Å²) in [5.41, 5.74) is 1.58. The smallest absolute Gasteiger partial charge is 0.335 e. The van der Waals surface area contributed by atoms with Crippen LogP contribution in [-0.2, 0) is 29.8 Å². The highest BCUT2D eigenvalue weighted by molar-refractivity contribution is 7.59. The summed E-state index contributed by atoms with van der Waals surface area (Å²) in [6.45, 7) is 2.89. The van der Waals surface area contributed by atoms with Gasteiger partial charge in [-0.05, 0) is 61.2 Å². The highest BCUT2D eigenvalue weighted by Gasteiger charge is 2.61. The standard InChI is InChI=1S/C31H26ClF2N5O4.H2S/c32-21-7-17(11-35)1-3-26(21)43-15-24-22(33)2-4-27(36-24)31-10-19(31)12-38(16-31)14-28-37-29-23(34)8-18(30(40)41)9-25(29)39(28)13-20-5-6-42-20;/h1-4,7-9,19-20H,5-6,10,12-16H2,(H,40,41);1H2/t19?,20-,31?;/m0./s1. The number of pyridine rings is 1. The van der Waals surface area contributed by atoms with E-state index in [-0.39, 0.29) is 53.4 Å². The molecule has 0 amide bonds. The van der Waals surface area contributed by atoms with Crippen molar-refractivity contribution in [3.05, 3.63) is 87.5 Å². The van der Waals surface area contributed by atoms with Gasteiger partial charge in [-0.25, -0.2) is 18.6 Å². The Kier molecular flexibility index (Phi) is 8.00. The van der Waals surface area contributed by atoms with Crippen molar-refractivity contribution in [2.75, 3.05) is 19.7 Å². The number of hydrogen-bond donors (Lipinski definition) is 1. The maximum Gasteiger partial charge on any atom is 0.335 e. The molecule has 13 heteroatoms. The lowest BCUT2D eigenvalue weighted by Gasteiger charge is -2.28. The molecule has 0 radical (unpaired) electrons. The van der Waals surface area contributed by atoms with E-state index in [1.54, 1.807) is 18.2 Å². The fourth-order valence-corrected chi connectivity index (χ4v) is 6.55. The Labute approximate surface area is 263 Å². The molecular formula is C31H28ClF2N5O4S. The van der Waals surface area contributed by atoms with Gasteiger partial charge in [-0.15, -0.1) is 0 Å². The Morgan fingerprint density at radius 3 is 2.73 bits per heavy atom. The number of nitriles is 1. The van der Waals surface area contributed by atoms with E-state index in [2.05, 4.69) is 14.9 Å². The zero-order valence-electron chi connectivity index (χ0n) is 23.4. The number of benzene rings is 2. The molecule has 7 rings (SSSR count). The summed E-state index contributed by atoms with van der Waals surface area (Å²) in [4.78, 5) is 23.1. The van der Waals surface area contributed by atoms with E-state index in [1.165, 1.54) is 18.2 Å². The van der Waals surface area contributed by atoms with Crippen LogP contribution in [0.15, 0.2) is 42.5 Å². The Hall–Kier alpha value is -3.76. The van der Waals surface area contributed by atoms with Crippen molar-refractivity contribution >= 4 is 42.1 Å². The van der Waals surface area contributed by atoms with Gasteiger partial charge in [0, 0.05) is 30.8 Å². The number of carbonyl (C=O) groups is 1. The van der Waals surface area contributed by atoms with Crippen LogP contribution in [0, 0.1) is 28.9 Å². The van der Waals surface area contributed by atoms with Crippen LogP contribution in [0.4, 0.5) is 8.78 Å². The minimum absolute atomic E-state index is 0. The van der Waals surface area contributed by atoms with Crippen LogP contribution in [0.2, 0.25) is 5.02 Å². The third-order valence-electron chi connectivity index (χ3n) is 8.75. The Bertz CT molecular complexity index is 1830. The lowest BCUT2D eigenvalue weighted by molar-refractivity contribution is -0.0591. The number of carboxylic acid groups (broad SMARTS) is 1. The largest absolute Gasteiger partial charge is 0.486 e. The van der Waals surface area contributed by atoms with E-state index in [1.807, 2.05) is 10.6 Å². The molecule has 0 bridgehead atoms. The van der Waals surface area contributed by atoms with Crippen LogP contribution in [-0.4, -0.2) is 56.3 Å². The molecule has 2 aromatic carbocycles. The Morgan fingerprint density at radius 1 is 1.20 bits per heavy atom. The van der Waals surface area contributed by atoms with Gasteiger partial charge in [0.1, 0.15) is 35.2 Å². The summed E-state index contributed by atoms with van der Waals surface area (Å²) < 4.78 is 43.0. The lowest BCUT2D eigenvalue weighted by Crippen LogP contribution is -2.33. The molecule has 1 N–H and O–H groups in total. The highest BCUT2D eigenvalue weighted by atomic mass is 35.5. The van der Waals surface area contributed by atoms with Crippen molar-refractivity contribution in [1.82, 2.24) is 19.4 Å². The van der Waals surface area contributed by atoms with Gasteiger partial charge in [-0.3, -0.25) is 9.88 Å². The Balaban J connectivity index is 0.00000343. The number of rotatable bonds is 9. The van der Waals surface area contributed by atoms with Crippen molar-refractivity contribution < 1.29 is 28.2 Å². The van der Waals surface area contributed by atoms with Gasteiger partial charge in [0.2, 0.25) is 0 Å². The molecule has 2 aliphatic heterocycles. The van der Waals surface area contributed by atoms with Gasteiger partial charge in [-0.2, -0.15) is 18.8 Å². The number of halogens is 3. The number of likely N-dealkylation sites (tertiary alicyclic amines) is 1. The number of fused-ring (bicyclic) bond motifs is 2. The normalized spacial score (nSPS) is 22.1. The number of aromatic nitrogens is 3. The van der Waals surface area contributed by atoms with Gasteiger partial charge in [0.15, 0.2) is 5.82 Å². The molecule has 2 aromatic heterocycles. The first kappa shape index (κ1) is 30.3. The van der Waals surface area contributed by atoms with Crippen molar-refractivity contribution in [2.45, 2.75) is 44.1 Å². The second kappa shape index (κ2) is 11.6. The molecule has 0 spiro atoms. The molecule has 228 valence electrons.